The highest BCUT2D eigenvalue weighted by molar-refractivity contribution is 14.1. The zero-order valence-electron chi connectivity index (χ0n) is 7.74. The van der Waals surface area contributed by atoms with Crippen LogP contribution in [0.5, 0.6) is 0 Å². The lowest BCUT2D eigenvalue weighted by Gasteiger charge is -2.01. The number of anilines is 1. The molecule has 2 heterocycles. The first-order valence-corrected chi connectivity index (χ1v) is 5.13. The molecule has 0 saturated carbocycles. The lowest BCUT2D eigenvalue weighted by molar-refractivity contribution is -0.385. The number of nitro groups is 1. The Hall–Kier alpha value is -1.78. The van der Waals surface area contributed by atoms with Gasteiger partial charge < -0.3 is 5.73 Å². The van der Waals surface area contributed by atoms with E-state index in [1.807, 2.05) is 22.6 Å². The maximum absolute atomic E-state index is 10.8. The molecule has 82 valence electrons. The van der Waals surface area contributed by atoms with E-state index in [4.69, 9.17) is 5.73 Å². The van der Waals surface area contributed by atoms with E-state index >= 15 is 0 Å². The molecule has 0 spiro atoms. The minimum Gasteiger partial charge on any atom is -0.368 e. The van der Waals surface area contributed by atoms with Gasteiger partial charge in [0.1, 0.15) is 6.20 Å². The first-order chi connectivity index (χ1) is 7.58. The Kier molecular flexibility index (Phi) is 2.68. The van der Waals surface area contributed by atoms with E-state index in [1.54, 1.807) is 12.4 Å². The van der Waals surface area contributed by atoms with Crippen molar-refractivity contribution < 1.29 is 4.92 Å². The van der Waals surface area contributed by atoms with Crippen molar-refractivity contribution in [2.45, 2.75) is 0 Å². The molecule has 9 heteroatoms. The topological polar surface area (TPSA) is 113 Å². The normalized spacial score (nSPS) is 10.3. The van der Waals surface area contributed by atoms with Gasteiger partial charge in [-0.1, -0.05) is 0 Å². The highest BCUT2D eigenvalue weighted by Gasteiger charge is 2.18. The van der Waals surface area contributed by atoms with Gasteiger partial charge in [0.15, 0.2) is 0 Å². The average Bonchev–Trinajstić information content (AvgIpc) is 2.64. The van der Waals surface area contributed by atoms with E-state index in [-0.39, 0.29) is 17.5 Å². The first kappa shape index (κ1) is 10.7. The third-order valence-electron chi connectivity index (χ3n) is 1.73. The fourth-order valence-corrected chi connectivity index (χ4v) is 1.48. The Morgan fingerprint density at radius 3 is 2.81 bits per heavy atom. The van der Waals surface area contributed by atoms with Crippen molar-refractivity contribution >= 4 is 34.2 Å². The van der Waals surface area contributed by atoms with Gasteiger partial charge in [-0.15, -0.1) is 0 Å². The predicted octanol–water partition coefficient (Wildman–Crippen LogP) is 0.757. The van der Waals surface area contributed by atoms with E-state index in [0.717, 1.165) is 9.77 Å². The van der Waals surface area contributed by atoms with Crippen LogP contribution < -0.4 is 5.73 Å². The highest BCUT2D eigenvalue weighted by atomic mass is 127. The molecule has 0 amide bonds. The van der Waals surface area contributed by atoms with Gasteiger partial charge in [-0.05, 0) is 22.6 Å². The molecule has 0 saturated heterocycles. The Balaban J connectivity index is 2.62. The van der Waals surface area contributed by atoms with E-state index in [2.05, 4.69) is 15.1 Å². The highest BCUT2D eigenvalue weighted by Crippen LogP contribution is 2.20. The van der Waals surface area contributed by atoms with Crippen LogP contribution in [-0.2, 0) is 0 Å². The molecular formula is C7H5IN6O2. The van der Waals surface area contributed by atoms with Gasteiger partial charge in [-0.2, -0.15) is 10.1 Å². The summed E-state index contributed by atoms with van der Waals surface area (Å²) in [6.07, 6.45) is 4.23. The van der Waals surface area contributed by atoms with Crippen LogP contribution in [0.1, 0.15) is 0 Å². The summed E-state index contributed by atoms with van der Waals surface area (Å²) in [5.74, 6) is 0.0199. The van der Waals surface area contributed by atoms with Crippen molar-refractivity contribution in [1.29, 1.82) is 0 Å². The molecule has 0 unspecified atom stereocenters. The number of nitrogens with two attached hydrogens (primary N) is 1. The Labute approximate surface area is 103 Å². The van der Waals surface area contributed by atoms with Gasteiger partial charge in [-0.25, -0.2) is 9.67 Å². The van der Waals surface area contributed by atoms with Gasteiger partial charge >= 0.3 is 5.69 Å². The van der Waals surface area contributed by atoms with E-state index < -0.39 is 4.92 Å². The maximum atomic E-state index is 10.8. The molecule has 2 aromatic rings. The molecular weight excluding hydrogens is 327 g/mol. The second-order valence-electron chi connectivity index (χ2n) is 2.80. The standard InChI is InChI=1S/C7H5IN6O2/c8-4-1-11-13(3-4)6-5(14(15)16)2-10-7(9)12-6/h1-3H,(H2,9,10,12). The molecule has 0 aliphatic rings. The molecule has 0 atom stereocenters. The Bertz CT molecular complexity index is 554. The SMILES string of the molecule is Nc1ncc([N+](=O)[O-])c(-n2cc(I)cn2)n1. The number of aromatic nitrogens is 4. The summed E-state index contributed by atoms with van der Waals surface area (Å²) >= 11 is 2.04. The predicted molar refractivity (Wildman–Crippen MR) is 62.9 cm³/mol. The van der Waals surface area contributed by atoms with E-state index in [0.29, 0.717) is 0 Å². The summed E-state index contributed by atoms with van der Waals surface area (Å²) < 4.78 is 2.13. The van der Waals surface area contributed by atoms with Crippen LogP contribution in [0.4, 0.5) is 11.6 Å². The van der Waals surface area contributed by atoms with Crippen LogP contribution in [0.3, 0.4) is 0 Å². The van der Waals surface area contributed by atoms with Gasteiger partial charge in [0.05, 0.1) is 14.7 Å². The molecule has 0 aromatic carbocycles. The summed E-state index contributed by atoms with van der Waals surface area (Å²) in [7, 11) is 0. The van der Waals surface area contributed by atoms with E-state index in [1.165, 1.54) is 4.68 Å². The fraction of sp³-hybridized carbons (Fsp3) is 0. The molecule has 0 fully saturated rings. The van der Waals surface area contributed by atoms with Crippen molar-refractivity contribution in [2.75, 3.05) is 5.73 Å². The number of hydrogen-bond donors (Lipinski definition) is 1. The molecule has 2 aromatic heterocycles. The quantitative estimate of drug-likeness (QED) is 0.493. The molecule has 2 rings (SSSR count). The molecule has 0 bridgehead atoms. The van der Waals surface area contributed by atoms with Crippen molar-refractivity contribution in [1.82, 2.24) is 19.7 Å². The summed E-state index contributed by atoms with van der Waals surface area (Å²) in [4.78, 5) is 17.6. The van der Waals surface area contributed by atoms with E-state index in [9.17, 15) is 10.1 Å². The number of nitrogens with zero attached hydrogens (tertiary/aromatic N) is 5. The zero-order chi connectivity index (χ0) is 11.7. The molecule has 0 radical (unpaired) electrons. The van der Waals surface area contributed by atoms with Gasteiger partial charge in [0.2, 0.25) is 11.8 Å². The minimum absolute atomic E-state index is 0.0360. The second kappa shape index (κ2) is 4.00. The minimum atomic E-state index is -0.580. The van der Waals surface area contributed by atoms with Gasteiger partial charge in [0.25, 0.3) is 0 Å². The van der Waals surface area contributed by atoms with Crippen LogP contribution in [0.2, 0.25) is 0 Å². The summed E-state index contributed by atoms with van der Waals surface area (Å²) in [5.41, 5.74) is 5.14. The van der Waals surface area contributed by atoms with Crippen molar-refractivity contribution in [3.63, 3.8) is 0 Å². The number of nitrogen functional groups attached to an aromatic ring is 1. The first-order valence-electron chi connectivity index (χ1n) is 4.05. The van der Waals surface area contributed by atoms with Crippen LogP contribution >= 0.6 is 22.6 Å². The number of halogens is 1. The largest absolute Gasteiger partial charge is 0.368 e. The molecule has 0 aliphatic carbocycles. The van der Waals surface area contributed by atoms with Crippen molar-refractivity contribution in [3.8, 4) is 5.82 Å². The molecule has 16 heavy (non-hydrogen) atoms. The van der Waals surface area contributed by atoms with Gasteiger partial charge in [0, 0.05) is 6.20 Å². The van der Waals surface area contributed by atoms with Crippen LogP contribution in [-0.4, -0.2) is 24.7 Å². The maximum Gasteiger partial charge on any atom is 0.332 e. The zero-order valence-corrected chi connectivity index (χ0v) is 9.90. The molecule has 8 nitrogen and oxygen atoms in total. The van der Waals surface area contributed by atoms with Crippen LogP contribution in [0.25, 0.3) is 5.82 Å². The fourth-order valence-electron chi connectivity index (χ4n) is 1.09. The molecule has 0 aliphatic heterocycles. The molecule has 2 N–H and O–H groups in total. The van der Waals surface area contributed by atoms with Crippen molar-refractivity contribution in [3.05, 3.63) is 32.3 Å². The average molecular weight is 332 g/mol. The number of rotatable bonds is 2. The summed E-state index contributed by atoms with van der Waals surface area (Å²) in [6.45, 7) is 0. The Morgan fingerprint density at radius 2 is 2.25 bits per heavy atom. The van der Waals surface area contributed by atoms with Gasteiger partial charge in [-0.3, -0.25) is 10.1 Å². The monoisotopic (exact) mass is 332 g/mol. The van der Waals surface area contributed by atoms with Crippen LogP contribution in [0, 0.1) is 13.7 Å². The number of hydrogen-bond acceptors (Lipinski definition) is 6. The summed E-state index contributed by atoms with van der Waals surface area (Å²) in [6, 6.07) is 0. The lowest BCUT2D eigenvalue weighted by atomic mass is 10.5. The third-order valence-corrected chi connectivity index (χ3v) is 2.29. The smallest absolute Gasteiger partial charge is 0.332 e. The second-order valence-corrected chi connectivity index (χ2v) is 4.04. The van der Waals surface area contributed by atoms with Crippen LogP contribution in [0.15, 0.2) is 18.6 Å². The lowest BCUT2D eigenvalue weighted by Crippen LogP contribution is -2.07. The summed E-state index contributed by atoms with van der Waals surface area (Å²) in [5, 5.41) is 14.7. The Morgan fingerprint density at radius 1 is 1.50 bits per heavy atom. The van der Waals surface area contributed by atoms with Crippen molar-refractivity contribution in [2.24, 2.45) is 0 Å². The third kappa shape index (κ3) is 1.93.